The highest BCUT2D eigenvalue weighted by Gasteiger charge is 2.24. The number of sulfonamides is 1. The minimum absolute atomic E-state index is 0.0276. The fraction of sp³-hybridized carbons (Fsp3) is 0.250. The van der Waals surface area contributed by atoms with E-state index in [2.05, 4.69) is 5.32 Å². The first-order chi connectivity index (χ1) is 10.5. The largest absolute Gasteiger partial charge is 0.507 e. The minimum Gasteiger partial charge on any atom is -0.507 e. The number of hydrogen-bond acceptors (Lipinski definition) is 4. The van der Waals surface area contributed by atoms with E-state index in [1.54, 1.807) is 0 Å². The van der Waals surface area contributed by atoms with Gasteiger partial charge in [0, 0.05) is 12.5 Å². The highest BCUT2D eigenvalue weighted by molar-refractivity contribution is 7.89. The van der Waals surface area contributed by atoms with E-state index in [-0.39, 0.29) is 16.6 Å². The van der Waals surface area contributed by atoms with Crippen LogP contribution in [0.25, 0.3) is 0 Å². The van der Waals surface area contributed by atoms with Crippen LogP contribution in [0.3, 0.4) is 0 Å². The van der Waals surface area contributed by atoms with Gasteiger partial charge in [-0.3, -0.25) is 0 Å². The van der Waals surface area contributed by atoms with E-state index in [0.29, 0.717) is 6.54 Å². The highest BCUT2D eigenvalue weighted by Crippen LogP contribution is 2.34. The maximum atomic E-state index is 11.7. The SMILES string of the molecule is NS(=O)(=O)c1cc2c(cc1O)CCNCC2c1ccccc1. The lowest BCUT2D eigenvalue weighted by atomic mass is 9.88. The summed E-state index contributed by atoms with van der Waals surface area (Å²) < 4.78 is 23.3. The molecule has 0 amide bonds. The van der Waals surface area contributed by atoms with Crippen molar-refractivity contribution in [1.29, 1.82) is 0 Å². The zero-order valence-corrected chi connectivity index (χ0v) is 12.8. The summed E-state index contributed by atoms with van der Waals surface area (Å²) in [5, 5.41) is 18.5. The van der Waals surface area contributed by atoms with Gasteiger partial charge in [0.05, 0.1) is 0 Å². The summed E-state index contributed by atoms with van der Waals surface area (Å²) in [7, 11) is -3.95. The summed E-state index contributed by atoms with van der Waals surface area (Å²) in [5.74, 6) is -0.255. The van der Waals surface area contributed by atoms with Gasteiger partial charge in [-0.15, -0.1) is 0 Å². The van der Waals surface area contributed by atoms with Crippen molar-refractivity contribution in [2.24, 2.45) is 5.14 Å². The maximum Gasteiger partial charge on any atom is 0.241 e. The maximum absolute atomic E-state index is 11.7. The fourth-order valence-corrected chi connectivity index (χ4v) is 3.60. The Bertz CT molecular complexity index is 789. The van der Waals surface area contributed by atoms with E-state index >= 15 is 0 Å². The van der Waals surface area contributed by atoms with Crippen molar-refractivity contribution >= 4 is 10.0 Å². The molecule has 0 fully saturated rings. The lowest BCUT2D eigenvalue weighted by Gasteiger charge is -2.19. The van der Waals surface area contributed by atoms with E-state index < -0.39 is 10.0 Å². The topological polar surface area (TPSA) is 92.4 Å². The zero-order chi connectivity index (χ0) is 15.7. The van der Waals surface area contributed by atoms with Gasteiger partial charge in [-0.05, 0) is 41.8 Å². The molecule has 1 aliphatic heterocycles. The molecule has 0 saturated heterocycles. The van der Waals surface area contributed by atoms with Crippen molar-refractivity contribution < 1.29 is 13.5 Å². The number of primary sulfonamides is 1. The average Bonchev–Trinajstić information content (AvgIpc) is 2.68. The summed E-state index contributed by atoms with van der Waals surface area (Å²) in [6.45, 7) is 1.50. The molecule has 2 aromatic rings. The van der Waals surface area contributed by atoms with Crippen LogP contribution in [-0.2, 0) is 16.4 Å². The standard InChI is InChI=1S/C16H18N2O3S/c17-22(20,21)16-9-13-12(8-15(16)19)6-7-18-10-14(13)11-4-2-1-3-5-11/h1-5,8-9,14,18-19H,6-7,10H2,(H2,17,20,21). The Labute approximate surface area is 129 Å². The summed E-state index contributed by atoms with van der Waals surface area (Å²) in [5.41, 5.74) is 2.95. The van der Waals surface area contributed by atoms with Gasteiger partial charge in [-0.2, -0.15) is 0 Å². The minimum atomic E-state index is -3.95. The van der Waals surface area contributed by atoms with E-state index in [1.165, 1.54) is 12.1 Å². The van der Waals surface area contributed by atoms with Gasteiger partial charge in [0.1, 0.15) is 10.6 Å². The normalized spacial score (nSPS) is 18.5. The summed E-state index contributed by atoms with van der Waals surface area (Å²) in [4.78, 5) is -0.214. The molecule has 4 N–H and O–H groups in total. The first kappa shape index (κ1) is 15.0. The number of hydrogen-bond donors (Lipinski definition) is 3. The molecule has 0 bridgehead atoms. The smallest absolute Gasteiger partial charge is 0.241 e. The van der Waals surface area contributed by atoms with E-state index in [1.807, 2.05) is 30.3 Å². The van der Waals surface area contributed by atoms with Crippen LogP contribution in [0.1, 0.15) is 22.6 Å². The van der Waals surface area contributed by atoms with Crippen LogP contribution in [-0.4, -0.2) is 26.6 Å². The van der Waals surface area contributed by atoms with Gasteiger partial charge in [0.15, 0.2) is 0 Å². The molecule has 1 aliphatic rings. The first-order valence-corrected chi connectivity index (χ1v) is 8.65. The molecular formula is C16H18N2O3S. The second-order valence-corrected chi connectivity index (χ2v) is 7.01. The van der Waals surface area contributed by atoms with Gasteiger partial charge < -0.3 is 10.4 Å². The van der Waals surface area contributed by atoms with Crippen LogP contribution in [0.4, 0.5) is 0 Å². The van der Waals surface area contributed by atoms with Gasteiger partial charge in [0.25, 0.3) is 0 Å². The van der Waals surface area contributed by atoms with Crippen molar-refractivity contribution in [2.75, 3.05) is 13.1 Å². The Kier molecular flexibility index (Phi) is 3.90. The number of nitrogens with two attached hydrogens (primary N) is 1. The third-order valence-electron chi connectivity index (χ3n) is 4.02. The van der Waals surface area contributed by atoms with Gasteiger partial charge in [-0.25, -0.2) is 13.6 Å². The fourth-order valence-electron chi connectivity index (χ4n) is 2.96. The molecule has 0 aliphatic carbocycles. The van der Waals surface area contributed by atoms with Crippen molar-refractivity contribution in [3.05, 3.63) is 59.2 Å². The monoisotopic (exact) mass is 318 g/mol. The van der Waals surface area contributed by atoms with Crippen molar-refractivity contribution in [3.8, 4) is 5.75 Å². The molecule has 0 saturated carbocycles. The number of phenols is 1. The molecule has 2 aromatic carbocycles. The highest BCUT2D eigenvalue weighted by atomic mass is 32.2. The molecule has 22 heavy (non-hydrogen) atoms. The molecule has 0 radical (unpaired) electrons. The van der Waals surface area contributed by atoms with E-state index in [4.69, 9.17) is 5.14 Å². The van der Waals surface area contributed by atoms with Crippen LogP contribution in [0.5, 0.6) is 5.75 Å². The molecule has 1 atom stereocenters. The molecule has 0 spiro atoms. The molecule has 116 valence electrons. The molecule has 3 rings (SSSR count). The predicted octanol–water partition coefficient (Wildman–Crippen LogP) is 1.32. The second-order valence-electron chi connectivity index (χ2n) is 5.48. The number of nitrogens with one attached hydrogen (secondary N) is 1. The van der Waals surface area contributed by atoms with Crippen LogP contribution >= 0.6 is 0 Å². The van der Waals surface area contributed by atoms with Gasteiger partial charge in [0.2, 0.25) is 10.0 Å². The predicted molar refractivity (Wildman–Crippen MR) is 84.3 cm³/mol. The molecule has 1 unspecified atom stereocenters. The Morgan fingerprint density at radius 3 is 2.59 bits per heavy atom. The van der Waals surface area contributed by atoms with Crippen LogP contribution < -0.4 is 10.5 Å². The van der Waals surface area contributed by atoms with Crippen molar-refractivity contribution in [2.45, 2.75) is 17.2 Å². The number of benzene rings is 2. The molecule has 5 nitrogen and oxygen atoms in total. The van der Waals surface area contributed by atoms with E-state index in [0.717, 1.165) is 29.7 Å². The average molecular weight is 318 g/mol. The number of fused-ring (bicyclic) bond motifs is 1. The molecular weight excluding hydrogens is 300 g/mol. The van der Waals surface area contributed by atoms with Gasteiger partial charge >= 0.3 is 0 Å². The Balaban J connectivity index is 2.19. The number of aromatic hydroxyl groups is 1. The second kappa shape index (κ2) is 5.72. The summed E-state index contributed by atoms with van der Waals surface area (Å²) in [6.07, 6.45) is 0.733. The Hall–Kier alpha value is -1.89. The number of rotatable bonds is 2. The first-order valence-electron chi connectivity index (χ1n) is 7.11. The third kappa shape index (κ3) is 2.85. The molecule has 1 heterocycles. The third-order valence-corrected chi connectivity index (χ3v) is 4.96. The Morgan fingerprint density at radius 1 is 1.18 bits per heavy atom. The number of phenolic OH excluding ortho intramolecular Hbond substituents is 1. The van der Waals surface area contributed by atoms with Crippen LogP contribution in [0.2, 0.25) is 0 Å². The van der Waals surface area contributed by atoms with Crippen molar-refractivity contribution in [3.63, 3.8) is 0 Å². The van der Waals surface area contributed by atoms with Crippen LogP contribution in [0.15, 0.2) is 47.4 Å². The lowest BCUT2D eigenvalue weighted by molar-refractivity contribution is 0.457. The zero-order valence-electron chi connectivity index (χ0n) is 12.0. The summed E-state index contributed by atoms with van der Waals surface area (Å²) in [6, 6.07) is 12.9. The molecule has 0 aromatic heterocycles. The Morgan fingerprint density at radius 2 is 1.91 bits per heavy atom. The summed E-state index contributed by atoms with van der Waals surface area (Å²) >= 11 is 0. The molecule has 6 heteroatoms. The van der Waals surface area contributed by atoms with Gasteiger partial charge in [-0.1, -0.05) is 30.3 Å². The van der Waals surface area contributed by atoms with Crippen molar-refractivity contribution in [1.82, 2.24) is 5.32 Å². The van der Waals surface area contributed by atoms with E-state index in [9.17, 15) is 13.5 Å². The van der Waals surface area contributed by atoms with Crippen LogP contribution in [0, 0.1) is 0 Å². The quantitative estimate of drug-likeness (QED) is 0.778. The lowest BCUT2D eigenvalue weighted by Crippen LogP contribution is -2.21.